The van der Waals surface area contributed by atoms with Gasteiger partial charge in [-0.25, -0.2) is 0 Å². The van der Waals surface area contributed by atoms with E-state index in [1.165, 1.54) is 12.1 Å². The van der Waals surface area contributed by atoms with Crippen LogP contribution in [-0.4, -0.2) is 34.0 Å². The fraction of sp³-hybridized carbons (Fsp3) is 0.312. The first-order valence-electron chi connectivity index (χ1n) is 13.3. The largest absolute Gasteiger partial charge is 0.416 e. The third kappa shape index (κ3) is 5.32. The number of carbonyl (C=O) groups excluding carboxylic acids is 1. The second kappa shape index (κ2) is 10.9. The van der Waals surface area contributed by atoms with Crippen LogP contribution < -0.4 is 0 Å². The number of amides is 1. The summed E-state index contributed by atoms with van der Waals surface area (Å²) in [6.07, 6.45) is -2.79. The third-order valence-corrected chi connectivity index (χ3v) is 8.50. The van der Waals surface area contributed by atoms with Crippen molar-refractivity contribution in [2.24, 2.45) is 5.92 Å². The lowest BCUT2D eigenvalue weighted by atomic mass is 9.71. The van der Waals surface area contributed by atoms with E-state index in [0.29, 0.717) is 65.1 Å². The zero-order valence-corrected chi connectivity index (χ0v) is 23.1. The van der Waals surface area contributed by atoms with Gasteiger partial charge in [0, 0.05) is 37.5 Å². The summed E-state index contributed by atoms with van der Waals surface area (Å²) < 4.78 is 39.1. The Balaban J connectivity index is 1.56. The van der Waals surface area contributed by atoms with E-state index in [1.807, 2.05) is 55.5 Å². The van der Waals surface area contributed by atoms with Crippen LogP contribution in [-0.2, 0) is 23.0 Å². The van der Waals surface area contributed by atoms with Crippen molar-refractivity contribution in [1.82, 2.24) is 9.88 Å². The standard InChI is InChI=1S/C32H30ClF3N2O2/c1-20-27(18-22-8-10-25(11-9-22)32(34,35)36)30(33)28-19-26(12-13-29(28)37-20)31(40,23-6-4-3-5-7-23)24-14-16-38(17-15-24)21(2)39/h3-13,19,24,40H,14-18H2,1-2H3. The molecule has 5 rings (SSSR count). The number of carbonyl (C=O) groups is 1. The molecule has 2 heterocycles. The first kappa shape index (κ1) is 28.1. The molecule has 0 saturated carbocycles. The molecule has 1 N–H and O–H groups in total. The lowest BCUT2D eigenvalue weighted by Gasteiger charge is -2.42. The van der Waals surface area contributed by atoms with Crippen LogP contribution in [0.4, 0.5) is 13.2 Å². The normalized spacial score (nSPS) is 16.2. The van der Waals surface area contributed by atoms with E-state index in [1.54, 1.807) is 11.8 Å². The molecular formula is C32H30ClF3N2O2. The number of pyridine rings is 1. The van der Waals surface area contributed by atoms with Gasteiger partial charge < -0.3 is 10.0 Å². The molecule has 0 radical (unpaired) electrons. The monoisotopic (exact) mass is 566 g/mol. The van der Waals surface area contributed by atoms with Crippen molar-refractivity contribution in [2.75, 3.05) is 13.1 Å². The van der Waals surface area contributed by atoms with Crippen LogP contribution in [0, 0.1) is 12.8 Å². The van der Waals surface area contributed by atoms with Gasteiger partial charge in [0.05, 0.1) is 16.1 Å². The van der Waals surface area contributed by atoms with Gasteiger partial charge in [0.25, 0.3) is 0 Å². The number of hydrogen-bond acceptors (Lipinski definition) is 3. The molecule has 1 aliphatic rings. The van der Waals surface area contributed by atoms with Gasteiger partial charge in [-0.2, -0.15) is 13.2 Å². The van der Waals surface area contributed by atoms with Crippen LogP contribution in [0.3, 0.4) is 0 Å². The van der Waals surface area contributed by atoms with E-state index in [0.717, 1.165) is 23.3 Å². The van der Waals surface area contributed by atoms with Crippen LogP contribution in [0.5, 0.6) is 0 Å². The van der Waals surface area contributed by atoms with Gasteiger partial charge in [-0.05, 0) is 72.2 Å². The summed E-state index contributed by atoms with van der Waals surface area (Å²) in [7, 11) is 0. The van der Waals surface area contributed by atoms with Gasteiger partial charge in [0.15, 0.2) is 0 Å². The van der Waals surface area contributed by atoms with Gasteiger partial charge >= 0.3 is 6.18 Å². The first-order chi connectivity index (χ1) is 19.0. The van der Waals surface area contributed by atoms with Gasteiger partial charge in [0.1, 0.15) is 5.60 Å². The Hall–Kier alpha value is -3.42. The number of likely N-dealkylation sites (tertiary alicyclic amines) is 1. The smallest absolute Gasteiger partial charge is 0.380 e. The Morgan fingerprint density at radius 2 is 1.60 bits per heavy atom. The molecule has 4 aromatic rings. The highest BCUT2D eigenvalue weighted by Crippen LogP contribution is 2.44. The number of aryl methyl sites for hydroxylation is 1. The molecule has 208 valence electrons. The molecule has 4 nitrogen and oxygen atoms in total. The van der Waals surface area contributed by atoms with Gasteiger partial charge in [-0.15, -0.1) is 0 Å². The van der Waals surface area contributed by atoms with E-state index in [2.05, 4.69) is 0 Å². The van der Waals surface area contributed by atoms with E-state index in [4.69, 9.17) is 16.6 Å². The molecule has 3 aromatic carbocycles. The van der Waals surface area contributed by atoms with Crippen molar-refractivity contribution in [1.29, 1.82) is 0 Å². The van der Waals surface area contributed by atoms with E-state index < -0.39 is 17.3 Å². The van der Waals surface area contributed by atoms with Crippen LogP contribution >= 0.6 is 11.6 Å². The fourth-order valence-corrected chi connectivity index (χ4v) is 6.13. The van der Waals surface area contributed by atoms with E-state index >= 15 is 0 Å². The number of aliphatic hydroxyl groups is 1. The maximum absolute atomic E-state index is 13.0. The van der Waals surface area contributed by atoms with Crippen LogP contribution in [0.15, 0.2) is 72.8 Å². The topological polar surface area (TPSA) is 53.4 Å². The molecule has 0 bridgehead atoms. The van der Waals surface area contributed by atoms with Crippen molar-refractivity contribution >= 4 is 28.4 Å². The van der Waals surface area contributed by atoms with Crippen molar-refractivity contribution in [2.45, 2.75) is 44.9 Å². The molecule has 1 fully saturated rings. The highest BCUT2D eigenvalue weighted by atomic mass is 35.5. The summed E-state index contributed by atoms with van der Waals surface area (Å²) >= 11 is 6.96. The Labute approximate surface area is 236 Å². The second-order valence-electron chi connectivity index (χ2n) is 10.5. The third-order valence-electron chi connectivity index (χ3n) is 8.07. The molecule has 8 heteroatoms. The van der Waals surface area contributed by atoms with Crippen molar-refractivity contribution < 1.29 is 23.1 Å². The van der Waals surface area contributed by atoms with Crippen molar-refractivity contribution in [3.8, 4) is 0 Å². The molecule has 1 amide bonds. The Morgan fingerprint density at radius 1 is 0.975 bits per heavy atom. The number of halogens is 4. The summed E-state index contributed by atoms with van der Waals surface area (Å²) in [5.41, 5.74) is 2.20. The van der Waals surface area contributed by atoms with E-state index in [-0.39, 0.29) is 11.8 Å². The Kier molecular flexibility index (Phi) is 7.64. The molecule has 0 spiro atoms. The number of alkyl halides is 3. The molecule has 1 aromatic heterocycles. The van der Waals surface area contributed by atoms with Gasteiger partial charge in [-0.3, -0.25) is 9.78 Å². The predicted octanol–water partition coefficient (Wildman–Crippen LogP) is 7.30. The average Bonchev–Trinajstić information content (AvgIpc) is 2.95. The molecule has 1 aliphatic heterocycles. The number of piperidine rings is 1. The summed E-state index contributed by atoms with van der Waals surface area (Å²) in [6, 6.07) is 20.2. The van der Waals surface area contributed by atoms with Crippen LogP contribution in [0.1, 0.15) is 53.3 Å². The molecular weight excluding hydrogens is 537 g/mol. The summed E-state index contributed by atoms with van der Waals surface area (Å²) in [6.45, 7) is 4.54. The molecule has 1 unspecified atom stereocenters. The molecule has 0 aliphatic carbocycles. The summed E-state index contributed by atoms with van der Waals surface area (Å²) in [5, 5.41) is 13.6. The number of hydrogen-bond donors (Lipinski definition) is 1. The molecule has 1 atom stereocenters. The number of fused-ring (bicyclic) bond motifs is 1. The first-order valence-corrected chi connectivity index (χ1v) is 13.6. The van der Waals surface area contributed by atoms with Gasteiger partial charge in [-0.1, -0.05) is 60.1 Å². The summed E-state index contributed by atoms with van der Waals surface area (Å²) in [4.78, 5) is 18.5. The highest BCUT2D eigenvalue weighted by Gasteiger charge is 2.42. The predicted molar refractivity (Wildman–Crippen MR) is 150 cm³/mol. The van der Waals surface area contributed by atoms with Crippen LogP contribution in [0.25, 0.3) is 10.9 Å². The van der Waals surface area contributed by atoms with Crippen molar-refractivity contribution in [3.63, 3.8) is 0 Å². The Bertz CT molecular complexity index is 1530. The summed E-state index contributed by atoms with van der Waals surface area (Å²) in [5.74, 6) is -0.104. The maximum atomic E-state index is 13.0. The fourth-order valence-electron chi connectivity index (χ4n) is 5.78. The molecule has 1 saturated heterocycles. The highest BCUT2D eigenvalue weighted by molar-refractivity contribution is 6.36. The number of benzene rings is 3. The number of aromatic nitrogens is 1. The Morgan fingerprint density at radius 3 is 2.20 bits per heavy atom. The zero-order valence-electron chi connectivity index (χ0n) is 22.3. The maximum Gasteiger partial charge on any atom is 0.416 e. The second-order valence-corrected chi connectivity index (χ2v) is 10.9. The average molecular weight is 567 g/mol. The lowest BCUT2D eigenvalue weighted by Crippen LogP contribution is -2.45. The number of rotatable bonds is 5. The van der Waals surface area contributed by atoms with Crippen LogP contribution in [0.2, 0.25) is 5.02 Å². The number of nitrogens with zero attached hydrogens (tertiary/aromatic N) is 2. The zero-order chi connectivity index (χ0) is 28.7. The minimum Gasteiger partial charge on any atom is -0.380 e. The van der Waals surface area contributed by atoms with Gasteiger partial charge in [0.2, 0.25) is 5.91 Å². The lowest BCUT2D eigenvalue weighted by molar-refractivity contribution is -0.137. The SMILES string of the molecule is CC(=O)N1CCC(C(O)(c2ccccc2)c2ccc3nc(C)c(Cc4ccc(C(F)(F)F)cc4)c(Cl)c3c2)CC1. The van der Waals surface area contributed by atoms with E-state index in [9.17, 15) is 23.1 Å². The quantitative estimate of drug-likeness (QED) is 0.276. The minimum atomic E-state index is -4.40. The van der Waals surface area contributed by atoms with Crippen molar-refractivity contribution in [3.05, 3.63) is 111 Å². The molecule has 40 heavy (non-hydrogen) atoms. The minimum absolute atomic E-state index is 0.0289.